The maximum absolute atomic E-state index is 12.9. The highest BCUT2D eigenvalue weighted by Crippen LogP contribution is 2.34. The second-order valence-electron chi connectivity index (χ2n) is 9.54. The first-order valence-electron chi connectivity index (χ1n) is 12.2. The minimum atomic E-state index is -3.59. The van der Waals surface area contributed by atoms with Gasteiger partial charge in [0.05, 0.1) is 0 Å². The van der Waals surface area contributed by atoms with Crippen molar-refractivity contribution >= 4 is 33.7 Å². The number of rotatable bonds is 7. The molecule has 1 aromatic rings. The fourth-order valence-electron chi connectivity index (χ4n) is 4.99. The van der Waals surface area contributed by atoms with E-state index in [1.165, 1.54) is 35.9 Å². The number of amides is 2. The summed E-state index contributed by atoms with van der Waals surface area (Å²) in [6.45, 7) is 2.62. The number of carbonyl (C=O) groups is 2. The van der Waals surface area contributed by atoms with Crippen LogP contribution in [-0.4, -0.2) is 55.5 Å². The van der Waals surface area contributed by atoms with Gasteiger partial charge in [0.2, 0.25) is 15.9 Å². The van der Waals surface area contributed by atoms with Crippen molar-refractivity contribution in [3.63, 3.8) is 0 Å². The smallest absolute Gasteiger partial charge is 0.253 e. The van der Waals surface area contributed by atoms with Crippen molar-refractivity contribution in [1.82, 2.24) is 14.9 Å². The molecule has 8 nitrogen and oxygen atoms in total. The predicted molar refractivity (Wildman–Crippen MR) is 132 cm³/mol. The second-order valence-corrected chi connectivity index (χ2v) is 11.4. The van der Waals surface area contributed by atoms with Crippen LogP contribution in [0.4, 0.5) is 0 Å². The number of hydrogen-bond donors (Lipinski definition) is 2. The Bertz CT molecular complexity index is 1060. The van der Waals surface area contributed by atoms with Crippen LogP contribution >= 0.6 is 0 Å². The van der Waals surface area contributed by atoms with Crippen molar-refractivity contribution < 1.29 is 18.0 Å². The van der Waals surface area contributed by atoms with Crippen LogP contribution in [0, 0.1) is 5.92 Å². The molecule has 0 unspecified atom stereocenters. The Kier molecular flexibility index (Phi) is 7.52. The Labute approximate surface area is 201 Å². The second kappa shape index (κ2) is 10.4. The van der Waals surface area contributed by atoms with Crippen molar-refractivity contribution in [2.45, 2.75) is 63.8 Å². The van der Waals surface area contributed by atoms with Gasteiger partial charge in [0.15, 0.2) is 0 Å². The summed E-state index contributed by atoms with van der Waals surface area (Å²) in [5.74, 6) is 1.03. The molecular formula is C25H34N4O4S. The number of nitrogens with one attached hydrogen (secondary N) is 2. The zero-order chi connectivity index (χ0) is 24.2. The summed E-state index contributed by atoms with van der Waals surface area (Å²) in [6, 6.07) is 7.59. The van der Waals surface area contributed by atoms with Gasteiger partial charge >= 0.3 is 0 Å². The molecule has 0 aromatic heterocycles. The molecule has 4 rings (SSSR count). The minimum Gasteiger partial charge on any atom is -0.356 e. The average Bonchev–Trinajstić information content (AvgIpc) is 3.15. The van der Waals surface area contributed by atoms with Crippen LogP contribution in [0.25, 0.3) is 6.08 Å². The molecule has 1 saturated carbocycles. The van der Waals surface area contributed by atoms with E-state index >= 15 is 0 Å². The number of piperidine rings is 1. The van der Waals surface area contributed by atoms with E-state index in [9.17, 15) is 18.0 Å². The number of benzene rings is 1. The fourth-order valence-corrected chi connectivity index (χ4v) is 6.18. The third kappa shape index (κ3) is 5.75. The van der Waals surface area contributed by atoms with E-state index in [1.807, 2.05) is 24.3 Å². The highest BCUT2D eigenvalue weighted by molar-refractivity contribution is 7.92. The molecule has 2 fully saturated rings. The number of amidine groups is 1. The van der Waals surface area contributed by atoms with E-state index < -0.39 is 15.6 Å². The lowest BCUT2D eigenvalue weighted by Gasteiger charge is -2.34. The molecule has 184 valence electrons. The van der Waals surface area contributed by atoms with E-state index in [1.54, 1.807) is 6.08 Å². The molecule has 1 aliphatic carbocycles. The predicted octanol–water partition coefficient (Wildman–Crippen LogP) is 2.61. The quantitative estimate of drug-likeness (QED) is 0.618. The lowest BCUT2D eigenvalue weighted by atomic mass is 9.88. The summed E-state index contributed by atoms with van der Waals surface area (Å²) in [5, 5.41) is 7.01. The number of sulfonamides is 1. The highest BCUT2D eigenvalue weighted by Gasteiger charge is 2.48. The Morgan fingerprint density at radius 1 is 1.18 bits per heavy atom. The summed E-state index contributed by atoms with van der Waals surface area (Å²) in [5.41, 5.74) is 1.05. The molecule has 34 heavy (non-hydrogen) atoms. The lowest BCUT2D eigenvalue weighted by molar-refractivity contribution is -0.125. The van der Waals surface area contributed by atoms with Gasteiger partial charge in [-0.2, -0.15) is 4.31 Å². The van der Waals surface area contributed by atoms with Crippen LogP contribution in [0.15, 0.2) is 34.7 Å². The molecular weight excluding hydrogens is 452 g/mol. The van der Waals surface area contributed by atoms with Crippen LogP contribution in [0.2, 0.25) is 0 Å². The summed E-state index contributed by atoms with van der Waals surface area (Å²) in [6.07, 6.45) is 8.85. The molecule has 9 heteroatoms. The minimum absolute atomic E-state index is 0.0570. The Balaban J connectivity index is 1.34. The number of aliphatic imine (C=N–C) groups is 1. The Morgan fingerprint density at radius 2 is 1.85 bits per heavy atom. The van der Waals surface area contributed by atoms with Crippen LogP contribution in [-0.2, 0) is 26.0 Å². The van der Waals surface area contributed by atoms with Crippen LogP contribution in [0.1, 0.15) is 63.0 Å². The van der Waals surface area contributed by atoms with Crippen LogP contribution in [0.3, 0.4) is 0 Å². The van der Waals surface area contributed by atoms with Crippen LogP contribution < -0.4 is 10.6 Å². The molecule has 2 amide bonds. The first-order chi connectivity index (χ1) is 16.3. The summed E-state index contributed by atoms with van der Waals surface area (Å²) < 4.78 is 27.2. The van der Waals surface area contributed by atoms with E-state index in [4.69, 9.17) is 4.99 Å². The molecule has 0 atom stereocenters. The van der Waals surface area contributed by atoms with Crippen molar-refractivity contribution in [2.75, 3.05) is 19.6 Å². The van der Waals surface area contributed by atoms with Gasteiger partial charge in [0.25, 0.3) is 5.91 Å². The monoisotopic (exact) mass is 486 g/mol. The third-order valence-corrected chi connectivity index (χ3v) is 8.66. The Hall–Kier alpha value is -2.52. The van der Waals surface area contributed by atoms with E-state index in [0.29, 0.717) is 25.3 Å². The number of carbonyl (C=O) groups excluding carboxylic acids is 2. The van der Waals surface area contributed by atoms with E-state index in [2.05, 4.69) is 10.6 Å². The van der Waals surface area contributed by atoms with Gasteiger partial charge in [0, 0.05) is 37.9 Å². The van der Waals surface area contributed by atoms with Gasteiger partial charge in [-0.15, -0.1) is 0 Å². The molecule has 1 aromatic carbocycles. The third-order valence-electron chi connectivity index (χ3n) is 7.10. The van der Waals surface area contributed by atoms with Gasteiger partial charge in [-0.25, -0.2) is 8.42 Å². The van der Waals surface area contributed by atoms with Gasteiger partial charge < -0.3 is 10.6 Å². The molecule has 0 bridgehead atoms. The molecule has 2 N–H and O–H groups in total. The normalized spacial score (nSPS) is 21.6. The van der Waals surface area contributed by atoms with Crippen molar-refractivity contribution in [3.05, 3.63) is 40.8 Å². The van der Waals surface area contributed by atoms with Gasteiger partial charge in [0.1, 0.15) is 11.4 Å². The number of nitrogens with zero attached hydrogens (tertiary/aromatic N) is 2. The molecule has 1 saturated heterocycles. The fraction of sp³-hybridized carbons (Fsp3) is 0.560. The molecule has 3 aliphatic rings. The first kappa shape index (κ1) is 24.6. The average molecular weight is 487 g/mol. The zero-order valence-electron chi connectivity index (χ0n) is 19.8. The first-order valence-corrected chi connectivity index (χ1v) is 13.7. The summed E-state index contributed by atoms with van der Waals surface area (Å²) in [4.78, 5) is 28.6. The van der Waals surface area contributed by atoms with Crippen molar-refractivity contribution in [1.29, 1.82) is 0 Å². The SMILES string of the molecule is CC(=O)NCCc1ccc(/C=C/S(=O)(=O)N2CCC3(CC2)N=C(C2CCCCC2)NC3=O)cc1. The maximum atomic E-state index is 12.9. The molecule has 2 aliphatic heterocycles. The van der Waals surface area contributed by atoms with E-state index in [0.717, 1.165) is 36.2 Å². The van der Waals surface area contributed by atoms with E-state index in [-0.39, 0.29) is 24.9 Å². The largest absolute Gasteiger partial charge is 0.356 e. The lowest BCUT2D eigenvalue weighted by Crippen LogP contribution is -2.50. The highest BCUT2D eigenvalue weighted by atomic mass is 32.2. The van der Waals surface area contributed by atoms with Gasteiger partial charge in [-0.1, -0.05) is 43.5 Å². The number of hydrogen-bond acceptors (Lipinski definition) is 5. The molecule has 0 radical (unpaired) electrons. The van der Waals surface area contributed by atoms with Crippen LogP contribution in [0.5, 0.6) is 0 Å². The molecule has 1 spiro atoms. The standard InChI is InChI=1S/C25H34N4O4S/c1-19(30)26-15-11-20-7-9-21(10-8-20)12-18-34(32,33)29-16-13-25(14-17-29)24(31)27-23(28-25)22-5-3-2-4-6-22/h7-10,12,18,22H,2-6,11,13-17H2,1H3,(H,26,30)(H,27,28,31)/b18-12+. The van der Waals surface area contributed by atoms with Crippen molar-refractivity contribution in [3.8, 4) is 0 Å². The topological polar surface area (TPSA) is 108 Å². The van der Waals surface area contributed by atoms with Gasteiger partial charge in [-0.3, -0.25) is 14.6 Å². The van der Waals surface area contributed by atoms with Gasteiger partial charge in [-0.05, 0) is 49.3 Å². The van der Waals surface area contributed by atoms with Crippen molar-refractivity contribution in [2.24, 2.45) is 10.9 Å². The molecule has 2 heterocycles. The zero-order valence-corrected chi connectivity index (χ0v) is 20.6. The summed E-state index contributed by atoms with van der Waals surface area (Å²) in [7, 11) is -3.59. The maximum Gasteiger partial charge on any atom is 0.253 e. The Morgan fingerprint density at radius 3 is 2.50 bits per heavy atom. The summed E-state index contributed by atoms with van der Waals surface area (Å²) >= 11 is 0.